The molecule has 2 aromatic carbocycles. The summed E-state index contributed by atoms with van der Waals surface area (Å²) in [5.41, 5.74) is 3.61. The molecule has 3 aliphatic heterocycles. The molecule has 0 unspecified atom stereocenters. The molecular weight excluding hydrogens is 1200 g/mol. The Hall–Kier alpha value is -6.71. The van der Waals surface area contributed by atoms with E-state index in [0.29, 0.717) is 107 Å². The number of nitrogens with one attached hydrogen (secondary N) is 1. The van der Waals surface area contributed by atoms with Crippen molar-refractivity contribution in [3.8, 4) is 23.8 Å². The third-order valence-corrected chi connectivity index (χ3v) is 18.6. The van der Waals surface area contributed by atoms with Crippen molar-refractivity contribution >= 4 is 51.6 Å². The predicted molar refractivity (Wildman–Crippen MR) is 357 cm³/mol. The zero-order valence-corrected chi connectivity index (χ0v) is 57.1. The fraction of sp³-hybridized carbons (Fsp3) is 0.603. The molecule has 15 atom stereocenters. The molecule has 94 heavy (non-hydrogen) atoms. The van der Waals surface area contributed by atoms with E-state index in [1.807, 2.05) is 94.5 Å². The smallest absolute Gasteiger partial charge is 0.329 e. The summed E-state index contributed by atoms with van der Waals surface area (Å²) in [4.78, 5) is 80.5. The molecule has 0 radical (unpaired) electrons. The molecule has 3 aromatic rings. The molecular formula is C73H102N4O17. The number of fused-ring (bicyclic) bond motifs is 4. The molecule has 1 aromatic heterocycles. The van der Waals surface area contributed by atoms with Crippen LogP contribution in [0.1, 0.15) is 131 Å². The number of benzene rings is 2. The first-order valence-corrected chi connectivity index (χ1v) is 33.0. The van der Waals surface area contributed by atoms with Gasteiger partial charge in [-0.3, -0.25) is 19.2 Å². The van der Waals surface area contributed by atoms with Crippen molar-refractivity contribution in [1.82, 2.24) is 14.9 Å². The largest absolute Gasteiger partial charge is 0.487 e. The quantitative estimate of drug-likeness (QED) is 0.0342. The topological polar surface area (TPSA) is 270 Å². The van der Waals surface area contributed by atoms with Crippen molar-refractivity contribution in [2.45, 2.75) is 180 Å². The van der Waals surface area contributed by atoms with Gasteiger partial charge in [0.25, 0.3) is 11.7 Å². The molecule has 21 heteroatoms. The van der Waals surface area contributed by atoms with Crippen LogP contribution in [-0.4, -0.2) is 182 Å². The minimum absolute atomic E-state index is 0.0193. The Morgan fingerprint density at radius 3 is 2.21 bits per heavy atom. The van der Waals surface area contributed by atoms with E-state index in [0.717, 1.165) is 34.1 Å². The van der Waals surface area contributed by atoms with Gasteiger partial charge in [0.05, 0.1) is 43.1 Å². The van der Waals surface area contributed by atoms with Crippen LogP contribution in [0, 0.1) is 47.9 Å². The number of aromatic nitrogens is 2. The second kappa shape index (κ2) is 37.6. The summed E-state index contributed by atoms with van der Waals surface area (Å²) in [7, 11) is 7.77. The Balaban J connectivity index is 0.000000399. The number of amides is 1. The van der Waals surface area contributed by atoms with Crippen LogP contribution in [0.15, 0.2) is 90.3 Å². The number of piperidine rings is 1. The molecule has 1 amide bonds. The number of terminal acetylenes is 1. The van der Waals surface area contributed by atoms with Crippen LogP contribution < -0.4 is 14.8 Å². The second-order valence-corrected chi connectivity index (χ2v) is 25.7. The van der Waals surface area contributed by atoms with Gasteiger partial charge in [-0.25, -0.2) is 14.8 Å². The van der Waals surface area contributed by atoms with Crippen molar-refractivity contribution in [3.63, 3.8) is 0 Å². The number of esters is 1. The van der Waals surface area contributed by atoms with Crippen molar-refractivity contribution in [1.29, 1.82) is 0 Å². The number of Topliss-reactive ketones (excluding diaryl/α,β-unsaturated/α-hetero) is 3. The van der Waals surface area contributed by atoms with Crippen LogP contribution in [0.2, 0.25) is 0 Å². The maximum Gasteiger partial charge on any atom is 0.329 e. The molecule has 4 heterocycles. The number of carbonyl (C=O) groups is 5. The van der Waals surface area contributed by atoms with E-state index >= 15 is 0 Å². The van der Waals surface area contributed by atoms with Gasteiger partial charge in [-0.2, -0.15) is 0 Å². The highest BCUT2D eigenvalue weighted by Crippen LogP contribution is 2.39. The number of ether oxygens (including phenoxy) is 9. The first kappa shape index (κ1) is 76.3. The van der Waals surface area contributed by atoms with Crippen LogP contribution >= 0.6 is 0 Å². The van der Waals surface area contributed by atoms with Crippen LogP contribution in [0.3, 0.4) is 0 Å². The molecule has 0 spiro atoms. The minimum Gasteiger partial charge on any atom is -0.487 e. The van der Waals surface area contributed by atoms with Crippen molar-refractivity contribution in [3.05, 3.63) is 95.9 Å². The molecule has 1 aliphatic carbocycles. The normalized spacial score (nSPS) is 31.2. The zero-order valence-electron chi connectivity index (χ0n) is 57.1. The number of ketones is 3. The van der Waals surface area contributed by atoms with Gasteiger partial charge in [-0.15, -0.1) is 6.42 Å². The monoisotopic (exact) mass is 1310 g/mol. The van der Waals surface area contributed by atoms with Crippen molar-refractivity contribution in [2.24, 2.45) is 35.5 Å². The molecule has 516 valence electrons. The summed E-state index contributed by atoms with van der Waals surface area (Å²) in [5.74, 6) is -3.52. The molecule has 4 N–H and O–H groups in total. The fourth-order valence-electron chi connectivity index (χ4n) is 12.8. The SMILES string of the molecule is C#Cc1cccc(Nc2ncnc3cc(OCCOC)c(OCCOC)cc23)c1.CO[C@H]1C[C@@H]2CC[C@@H](C)[C@@](O)(O2)C(=O)C(=O)N2CCCC[C@H]2C(=O)O[C@H]([C@H](C)C[C@@H]2CC[C@@H](O)[C@H](OC)C2)CC(=O)[C@H](C)/C=C(\C)[C@@H](O)[C@@H](OC)C(=O)[C@H](C)C[C@H](C)\C=C/C=C/C=C/1C. The predicted octanol–water partition coefficient (Wildman–Crippen LogP) is 9.59. The molecule has 7 rings (SSSR count). The van der Waals surface area contributed by atoms with Gasteiger partial charge in [0.2, 0.25) is 5.79 Å². The summed E-state index contributed by atoms with van der Waals surface area (Å²) in [5, 5.41) is 37.9. The number of hydrogen-bond acceptors (Lipinski definition) is 20. The van der Waals surface area contributed by atoms with E-state index in [-0.39, 0.29) is 54.8 Å². The lowest BCUT2D eigenvalue weighted by Gasteiger charge is -2.42. The second-order valence-electron chi connectivity index (χ2n) is 25.7. The minimum atomic E-state index is -2.43. The Morgan fingerprint density at radius 1 is 0.809 bits per heavy atom. The zero-order chi connectivity index (χ0) is 68.6. The number of methoxy groups -OCH3 is 5. The van der Waals surface area contributed by atoms with E-state index in [1.54, 1.807) is 55.3 Å². The van der Waals surface area contributed by atoms with Gasteiger partial charge in [0, 0.05) is 95.4 Å². The highest BCUT2D eigenvalue weighted by Gasteiger charge is 2.53. The summed E-state index contributed by atoms with van der Waals surface area (Å²) in [6, 6.07) is 10.1. The van der Waals surface area contributed by atoms with E-state index in [4.69, 9.17) is 49.1 Å². The lowest BCUT2D eigenvalue weighted by molar-refractivity contribution is -0.265. The Bertz CT molecular complexity index is 3160. The van der Waals surface area contributed by atoms with Gasteiger partial charge in [0.15, 0.2) is 17.3 Å². The van der Waals surface area contributed by atoms with E-state index in [2.05, 4.69) is 21.2 Å². The highest BCUT2D eigenvalue weighted by atomic mass is 16.6. The van der Waals surface area contributed by atoms with E-state index in [9.17, 15) is 39.3 Å². The first-order chi connectivity index (χ1) is 45.0. The third-order valence-electron chi connectivity index (χ3n) is 18.6. The lowest BCUT2D eigenvalue weighted by Crippen LogP contribution is -2.61. The molecule has 2 saturated heterocycles. The average molecular weight is 1310 g/mol. The van der Waals surface area contributed by atoms with E-state index < -0.39 is 83.9 Å². The number of aliphatic hydroxyl groups excluding tert-OH is 2. The number of anilines is 2. The van der Waals surface area contributed by atoms with Gasteiger partial charge in [-0.05, 0) is 131 Å². The summed E-state index contributed by atoms with van der Waals surface area (Å²) < 4.78 is 51.2. The number of aliphatic hydroxyl groups is 3. The number of allylic oxidation sites excluding steroid dienone is 6. The van der Waals surface area contributed by atoms with Crippen molar-refractivity contribution in [2.75, 3.05) is 73.8 Å². The molecule has 4 aliphatic rings. The lowest BCUT2D eigenvalue weighted by atomic mass is 9.78. The number of rotatable bonds is 16. The summed E-state index contributed by atoms with van der Waals surface area (Å²) in [6.45, 7) is 14.5. The Kier molecular flexibility index (Phi) is 30.5. The van der Waals surface area contributed by atoms with Gasteiger partial charge < -0.3 is 68.2 Å². The average Bonchev–Trinajstić information content (AvgIpc) is 0.804. The molecule has 2 bridgehead atoms. The standard InChI is InChI=1S/C51H79NO13.C22H23N3O4/c1-30-16-12-11-13-17-31(2)42(61-8)28-38-21-19-36(7)51(60,65-38)48(57)49(58)52-23-15-14-18-39(52)50(59)64-43(33(4)26-37-20-22-40(53)44(27-37)62-9)29-41(54)32(3)25-35(6)46(56)47(63-10)45(55)34(5)24-30;1-4-16-6-5-7-17(12-16)25-22-18-13-20(28-10-8-26-2)21(29-11-9-27-3)14-19(18)23-15-24-22/h11-13,16-17,25,30,32-34,36-40,42-44,46-47,53,56,60H,14-15,18-24,26-29H2,1-10H3;1,5-7,12-15H,8-11H2,2-3H3,(H,23,24,25)/b13-11+,16-12-,31-17+,35-25+;/t30-,32-,33-,34-,36-,37+,38+,39+,40-,42+,43+,44-,46-,47+,51-;/m1./s1. The third kappa shape index (κ3) is 21.1. The summed E-state index contributed by atoms with van der Waals surface area (Å²) >= 11 is 0. The maximum atomic E-state index is 14.4. The number of hydrogen-bond donors (Lipinski definition) is 4. The maximum absolute atomic E-state index is 14.4. The molecule has 21 nitrogen and oxygen atoms in total. The van der Waals surface area contributed by atoms with Crippen LogP contribution in [-0.2, 0) is 57.1 Å². The van der Waals surface area contributed by atoms with Crippen LogP contribution in [0.25, 0.3) is 10.9 Å². The number of nitrogens with zero attached hydrogens (tertiary/aromatic N) is 3. The van der Waals surface area contributed by atoms with Gasteiger partial charge >= 0.3 is 5.97 Å². The Morgan fingerprint density at radius 2 is 1.53 bits per heavy atom. The van der Waals surface area contributed by atoms with Crippen molar-refractivity contribution < 1.29 is 81.9 Å². The van der Waals surface area contributed by atoms with Gasteiger partial charge in [-0.1, -0.05) is 83.1 Å². The van der Waals surface area contributed by atoms with Gasteiger partial charge in [0.1, 0.15) is 55.5 Å². The highest BCUT2D eigenvalue weighted by molar-refractivity contribution is 6.39. The Labute approximate surface area is 555 Å². The number of carbonyl (C=O) groups excluding carboxylic acids is 5. The van der Waals surface area contributed by atoms with Crippen LogP contribution in [0.4, 0.5) is 11.5 Å². The number of cyclic esters (lactones) is 1. The summed E-state index contributed by atoms with van der Waals surface area (Å²) in [6.07, 6.45) is 18.2. The molecule has 1 saturated carbocycles. The fourth-order valence-corrected chi connectivity index (χ4v) is 12.8. The van der Waals surface area contributed by atoms with E-state index in [1.165, 1.54) is 18.3 Å². The van der Waals surface area contributed by atoms with Crippen LogP contribution in [0.5, 0.6) is 11.5 Å². The first-order valence-electron chi connectivity index (χ1n) is 33.0. The molecule has 3 fully saturated rings.